The van der Waals surface area contributed by atoms with Crippen LogP contribution >= 0.6 is 0 Å². The standard InChI is InChI=1S/C26H27N3O2/c1-3-16-8-10-17(11-9-16)20-14-29-22(30)15-28(18-12-13-18)25(31)26(29,2)24-23(20)19-6-4-5-7-21(19)27-24/h4-11,18,20,27H,3,12-15H2,1-2H3/t20-,26+/m0/s1. The first-order chi connectivity index (χ1) is 15.0. The summed E-state index contributed by atoms with van der Waals surface area (Å²) >= 11 is 0. The molecule has 2 aromatic carbocycles. The quantitative estimate of drug-likeness (QED) is 0.708. The molecule has 1 aromatic heterocycles. The number of hydrogen-bond donors (Lipinski definition) is 1. The SMILES string of the molecule is CCc1ccc([C@@H]2CN3C(=O)CN(C4CC4)C(=O)[C@@]3(C)c3[nH]c4ccccc4c32)cc1. The number of nitrogens with zero attached hydrogens (tertiary/aromatic N) is 2. The minimum absolute atomic E-state index is 0.0364. The van der Waals surface area contributed by atoms with Crippen molar-refractivity contribution < 1.29 is 9.59 Å². The number of hydrogen-bond acceptors (Lipinski definition) is 2. The molecule has 6 rings (SSSR count). The predicted octanol–water partition coefficient (Wildman–Crippen LogP) is 3.92. The Kier molecular flexibility index (Phi) is 3.89. The molecule has 2 fully saturated rings. The van der Waals surface area contributed by atoms with E-state index in [1.807, 2.05) is 28.9 Å². The van der Waals surface area contributed by atoms with Gasteiger partial charge in [0.1, 0.15) is 6.54 Å². The first kappa shape index (κ1) is 18.7. The van der Waals surface area contributed by atoms with Gasteiger partial charge in [0.05, 0.1) is 5.69 Å². The van der Waals surface area contributed by atoms with Crippen molar-refractivity contribution in [3.63, 3.8) is 0 Å². The molecule has 0 spiro atoms. The van der Waals surface area contributed by atoms with E-state index in [-0.39, 0.29) is 30.3 Å². The number of para-hydroxylation sites is 1. The number of carbonyl (C=O) groups excluding carboxylic acids is 2. The molecule has 1 aliphatic carbocycles. The number of carbonyl (C=O) groups is 2. The molecule has 31 heavy (non-hydrogen) atoms. The molecule has 5 nitrogen and oxygen atoms in total. The Hall–Kier alpha value is -3.08. The van der Waals surface area contributed by atoms with Crippen LogP contribution in [-0.4, -0.2) is 45.7 Å². The van der Waals surface area contributed by atoms with Crippen LogP contribution in [0.25, 0.3) is 10.9 Å². The maximum Gasteiger partial charge on any atom is 0.255 e. The molecule has 3 heterocycles. The highest BCUT2D eigenvalue weighted by Crippen LogP contribution is 2.49. The van der Waals surface area contributed by atoms with Crippen molar-refractivity contribution in [2.45, 2.75) is 50.6 Å². The molecular formula is C26H27N3O2. The van der Waals surface area contributed by atoms with Gasteiger partial charge in [0.15, 0.2) is 5.54 Å². The van der Waals surface area contributed by atoms with Crippen LogP contribution in [0, 0.1) is 0 Å². The maximum atomic E-state index is 13.8. The summed E-state index contributed by atoms with van der Waals surface area (Å²) in [4.78, 5) is 34.4. The van der Waals surface area contributed by atoms with Crippen molar-refractivity contribution in [3.8, 4) is 0 Å². The van der Waals surface area contributed by atoms with Gasteiger partial charge in [-0.1, -0.05) is 49.4 Å². The number of benzene rings is 2. The molecule has 0 bridgehead atoms. The van der Waals surface area contributed by atoms with Gasteiger partial charge in [0.2, 0.25) is 5.91 Å². The van der Waals surface area contributed by atoms with Gasteiger partial charge >= 0.3 is 0 Å². The third kappa shape index (κ3) is 2.55. The zero-order valence-corrected chi connectivity index (χ0v) is 18.0. The van der Waals surface area contributed by atoms with E-state index in [4.69, 9.17) is 0 Å². The molecule has 1 N–H and O–H groups in total. The van der Waals surface area contributed by atoms with E-state index in [0.29, 0.717) is 6.54 Å². The molecular weight excluding hydrogens is 386 g/mol. The van der Waals surface area contributed by atoms with Crippen molar-refractivity contribution in [2.24, 2.45) is 0 Å². The van der Waals surface area contributed by atoms with Gasteiger partial charge in [-0.25, -0.2) is 0 Å². The Balaban J connectivity index is 1.57. The zero-order chi connectivity index (χ0) is 21.3. The second-order valence-electron chi connectivity index (χ2n) is 9.35. The summed E-state index contributed by atoms with van der Waals surface area (Å²) in [7, 11) is 0. The molecule has 3 aromatic rings. The van der Waals surface area contributed by atoms with Crippen LogP contribution in [0.3, 0.4) is 0 Å². The second kappa shape index (κ2) is 6.46. The molecule has 0 unspecified atom stereocenters. The van der Waals surface area contributed by atoms with Crippen LogP contribution in [0.2, 0.25) is 0 Å². The number of amides is 2. The van der Waals surface area contributed by atoms with Crippen molar-refractivity contribution >= 4 is 22.7 Å². The molecule has 1 saturated heterocycles. The molecule has 3 aliphatic rings. The monoisotopic (exact) mass is 413 g/mol. The third-order valence-electron chi connectivity index (χ3n) is 7.55. The van der Waals surface area contributed by atoms with Crippen molar-refractivity contribution in [1.29, 1.82) is 0 Å². The molecule has 2 atom stereocenters. The number of H-pyrrole nitrogens is 1. The van der Waals surface area contributed by atoms with Crippen LogP contribution in [0.5, 0.6) is 0 Å². The Labute approximate surface area is 182 Å². The Morgan fingerprint density at radius 2 is 1.81 bits per heavy atom. The number of piperazine rings is 1. The lowest BCUT2D eigenvalue weighted by Gasteiger charge is -2.51. The number of rotatable bonds is 3. The number of aryl methyl sites for hydroxylation is 1. The summed E-state index contributed by atoms with van der Waals surface area (Å²) in [5.74, 6) is 0.144. The third-order valence-corrected chi connectivity index (χ3v) is 7.55. The number of aromatic amines is 1. The normalized spacial score (nSPS) is 25.7. The first-order valence-electron chi connectivity index (χ1n) is 11.3. The molecule has 158 valence electrons. The van der Waals surface area contributed by atoms with E-state index >= 15 is 0 Å². The lowest BCUT2D eigenvalue weighted by atomic mass is 9.76. The Bertz CT molecular complexity index is 1210. The zero-order valence-electron chi connectivity index (χ0n) is 18.0. The van der Waals surface area contributed by atoms with Gasteiger partial charge in [0.25, 0.3) is 5.91 Å². The van der Waals surface area contributed by atoms with E-state index in [1.165, 1.54) is 11.1 Å². The van der Waals surface area contributed by atoms with E-state index < -0.39 is 5.54 Å². The highest BCUT2D eigenvalue weighted by molar-refractivity contribution is 6.01. The second-order valence-corrected chi connectivity index (χ2v) is 9.35. The molecule has 2 amide bonds. The fourth-order valence-electron chi connectivity index (χ4n) is 5.60. The topological polar surface area (TPSA) is 56.4 Å². The van der Waals surface area contributed by atoms with E-state index in [1.54, 1.807) is 0 Å². The van der Waals surface area contributed by atoms with Crippen molar-refractivity contribution in [3.05, 3.63) is 70.9 Å². The van der Waals surface area contributed by atoms with Crippen LogP contribution in [0.1, 0.15) is 55.0 Å². The fraction of sp³-hybridized carbons (Fsp3) is 0.385. The summed E-state index contributed by atoms with van der Waals surface area (Å²) in [6.07, 6.45) is 3.00. The smallest absolute Gasteiger partial charge is 0.255 e. The lowest BCUT2D eigenvalue weighted by Crippen LogP contribution is -2.67. The number of aromatic nitrogens is 1. The highest BCUT2D eigenvalue weighted by atomic mass is 16.2. The van der Waals surface area contributed by atoms with Crippen molar-refractivity contribution in [1.82, 2.24) is 14.8 Å². The lowest BCUT2D eigenvalue weighted by molar-refractivity contribution is -0.166. The van der Waals surface area contributed by atoms with Gasteiger partial charge in [-0.05, 0) is 48.9 Å². The van der Waals surface area contributed by atoms with Gasteiger partial charge in [0, 0.05) is 29.4 Å². The average Bonchev–Trinajstić information content (AvgIpc) is 3.56. The summed E-state index contributed by atoms with van der Waals surface area (Å²) in [6, 6.07) is 17.2. The van der Waals surface area contributed by atoms with E-state index in [0.717, 1.165) is 41.4 Å². The summed E-state index contributed by atoms with van der Waals surface area (Å²) < 4.78 is 0. The number of fused-ring (bicyclic) bond motifs is 5. The van der Waals surface area contributed by atoms with Gasteiger partial charge < -0.3 is 14.8 Å². The maximum absolute atomic E-state index is 13.8. The summed E-state index contributed by atoms with van der Waals surface area (Å²) in [6.45, 7) is 4.82. The van der Waals surface area contributed by atoms with Gasteiger partial charge in [-0.15, -0.1) is 0 Å². The predicted molar refractivity (Wildman–Crippen MR) is 120 cm³/mol. The summed E-state index contributed by atoms with van der Waals surface area (Å²) in [5, 5.41) is 1.15. The molecule has 1 saturated carbocycles. The molecule has 2 aliphatic heterocycles. The van der Waals surface area contributed by atoms with E-state index in [9.17, 15) is 9.59 Å². The van der Waals surface area contributed by atoms with Crippen LogP contribution in [-0.2, 0) is 21.5 Å². The minimum Gasteiger partial charge on any atom is -0.356 e. The highest BCUT2D eigenvalue weighted by Gasteiger charge is 2.58. The van der Waals surface area contributed by atoms with Gasteiger partial charge in [-0.2, -0.15) is 0 Å². The largest absolute Gasteiger partial charge is 0.356 e. The Morgan fingerprint density at radius 3 is 2.52 bits per heavy atom. The van der Waals surface area contributed by atoms with Crippen LogP contribution in [0.4, 0.5) is 0 Å². The van der Waals surface area contributed by atoms with Crippen LogP contribution < -0.4 is 0 Å². The molecule has 0 radical (unpaired) electrons. The fourth-order valence-corrected chi connectivity index (χ4v) is 5.60. The Morgan fingerprint density at radius 1 is 1.06 bits per heavy atom. The van der Waals surface area contributed by atoms with Crippen LogP contribution in [0.15, 0.2) is 48.5 Å². The number of nitrogens with one attached hydrogen (secondary N) is 1. The van der Waals surface area contributed by atoms with E-state index in [2.05, 4.69) is 48.3 Å². The molecule has 5 heteroatoms. The van der Waals surface area contributed by atoms with Gasteiger partial charge in [-0.3, -0.25) is 9.59 Å². The first-order valence-corrected chi connectivity index (χ1v) is 11.3. The minimum atomic E-state index is -0.980. The summed E-state index contributed by atoms with van der Waals surface area (Å²) in [5.41, 5.74) is 4.58. The van der Waals surface area contributed by atoms with Crippen molar-refractivity contribution in [2.75, 3.05) is 13.1 Å². The average molecular weight is 414 g/mol.